The zero-order valence-corrected chi connectivity index (χ0v) is 14.4. The molecule has 0 unspecified atom stereocenters. The van der Waals surface area contributed by atoms with Gasteiger partial charge in [-0.1, -0.05) is 23.4 Å². The first-order chi connectivity index (χ1) is 12.7. The van der Waals surface area contributed by atoms with Gasteiger partial charge in [-0.05, 0) is 42.4 Å². The van der Waals surface area contributed by atoms with E-state index in [9.17, 15) is 4.79 Å². The topological polar surface area (TPSA) is 81.1 Å². The average molecular weight is 349 g/mol. The van der Waals surface area contributed by atoms with Crippen molar-refractivity contribution in [2.24, 2.45) is 0 Å². The number of amides is 1. The van der Waals surface area contributed by atoms with Crippen LogP contribution in [0.1, 0.15) is 16.1 Å². The van der Waals surface area contributed by atoms with Crippen LogP contribution in [-0.2, 0) is 6.54 Å². The number of carbonyl (C=O) groups is 1. The summed E-state index contributed by atoms with van der Waals surface area (Å²) in [4.78, 5) is 12.2. The third-order valence-electron chi connectivity index (χ3n) is 4.21. The van der Waals surface area contributed by atoms with Gasteiger partial charge in [0.15, 0.2) is 0 Å². The van der Waals surface area contributed by atoms with Crippen molar-refractivity contribution in [3.63, 3.8) is 0 Å². The number of benzene rings is 2. The van der Waals surface area contributed by atoms with Crippen molar-refractivity contribution >= 4 is 5.91 Å². The van der Waals surface area contributed by atoms with Crippen molar-refractivity contribution < 1.29 is 9.53 Å². The van der Waals surface area contributed by atoms with Gasteiger partial charge in [-0.3, -0.25) is 4.79 Å². The molecule has 0 atom stereocenters. The molecule has 0 saturated heterocycles. The number of aromatic nitrogens is 3. The summed E-state index contributed by atoms with van der Waals surface area (Å²) in [6, 6.07) is 13.6. The molecule has 132 valence electrons. The predicted octanol–water partition coefficient (Wildman–Crippen LogP) is 1.78. The molecule has 26 heavy (non-hydrogen) atoms. The number of nitrogens with one attached hydrogen (secondary N) is 2. The lowest BCUT2D eigenvalue weighted by atomic mass is 10.0. The Morgan fingerprint density at radius 3 is 3.00 bits per heavy atom. The van der Waals surface area contributed by atoms with Gasteiger partial charge in [0.25, 0.3) is 5.91 Å². The first-order valence-electron chi connectivity index (χ1n) is 8.46. The molecule has 3 aromatic rings. The van der Waals surface area contributed by atoms with Crippen molar-refractivity contribution in [1.29, 1.82) is 0 Å². The van der Waals surface area contributed by atoms with Crippen LogP contribution in [0.5, 0.6) is 5.75 Å². The number of hydrogen-bond acceptors (Lipinski definition) is 5. The van der Waals surface area contributed by atoms with Crippen LogP contribution in [0.15, 0.2) is 48.7 Å². The summed E-state index contributed by atoms with van der Waals surface area (Å²) in [5, 5.41) is 14.2. The molecule has 0 bridgehead atoms. The molecule has 0 saturated carbocycles. The molecule has 0 aliphatic carbocycles. The van der Waals surface area contributed by atoms with Gasteiger partial charge in [0.05, 0.1) is 29.7 Å². The third-order valence-corrected chi connectivity index (χ3v) is 4.21. The van der Waals surface area contributed by atoms with Gasteiger partial charge in [0, 0.05) is 6.54 Å². The molecule has 2 aromatic carbocycles. The van der Waals surface area contributed by atoms with Crippen molar-refractivity contribution in [2.45, 2.75) is 6.54 Å². The van der Waals surface area contributed by atoms with Crippen molar-refractivity contribution in [3.8, 4) is 22.6 Å². The smallest absolute Gasteiger partial charge is 0.255 e. The molecule has 7 heteroatoms. The van der Waals surface area contributed by atoms with E-state index in [1.165, 1.54) is 0 Å². The summed E-state index contributed by atoms with van der Waals surface area (Å²) in [6.07, 6.45) is 1.90. The Balaban J connectivity index is 1.69. The fourth-order valence-electron chi connectivity index (χ4n) is 2.95. The molecule has 2 N–H and O–H groups in total. The first kappa shape index (κ1) is 16.3. The summed E-state index contributed by atoms with van der Waals surface area (Å²) < 4.78 is 7.36. The third kappa shape index (κ3) is 3.16. The molecule has 1 aromatic heterocycles. The van der Waals surface area contributed by atoms with E-state index in [1.54, 1.807) is 4.68 Å². The SMILES string of the molecule is CNCc1cn(-c2cccc(-c3ccc4c(c3)C(=O)NCCO4)c2)nn1. The largest absolute Gasteiger partial charge is 0.491 e. The van der Waals surface area contributed by atoms with Crippen LogP contribution < -0.4 is 15.4 Å². The van der Waals surface area contributed by atoms with Crippen LogP contribution in [-0.4, -0.2) is 41.1 Å². The van der Waals surface area contributed by atoms with Crippen LogP contribution in [0.2, 0.25) is 0 Å². The molecule has 1 amide bonds. The van der Waals surface area contributed by atoms with E-state index < -0.39 is 0 Å². The van der Waals surface area contributed by atoms with Crippen LogP contribution in [0.25, 0.3) is 16.8 Å². The summed E-state index contributed by atoms with van der Waals surface area (Å²) in [6.45, 7) is 1.66. The molecular weight excluding hydrogens is 330 g/mol. The van der Waals surface area contributed by atoms with Crippen LogP contribution in [0, 0.1) is 0 Å². The maximum Gasteiger partial charge on any atom is 0.255 e. The predicted molar refractivity (Wildman–Crippen MR) is 97.4 cm³/mol. The number of hydrogen-bond donors (Lipinski definition) is 2. The molecule has 7 nitrogen and oxygen atoms in total. The lowest BCUT2D eigenvalue weighted by Crippen LogP contribution is -2.24. The molecule has 0 fully saturated rings. The maximum atomic E-state index is 12.2. The van der Waals surface area contributed by atoms with E-state index in [4.69, 9.17) is 4.74 Å². The highest BCUT2D eigenvalue weighted by molar-refractivity contribution is 5.98. The van der Waals surface area contributed by atoms with Crippen molar-refractivity contribution in [1.82, 2.24) is 25.6 Å². The number of nitrogens with zero attached hydrogens (tertiary/aromatic N) is 3. The molecule has 2 heterocycles. The summed E-state index contributed by atoms with van der Waals surface area (Å²) >= 11 is 0. The van der Waals surface area contributed by atoms with Crippen LogP contribution in [0.4, 0.5) is 0 Å². The first-order valence-corrected chi connectivity index (χ1v) is 8.46. The lowest BCUT2D eigenvalue weighted by molar-refractivity contribution is 0.0957. The Hall–Kier alpha value is -3.19. The van der Waals surface area contributed by atoms with Crippen LogP contribution in [0.3, 0.4) is 0 Å². The van der Waals surface area contributed by atoms with Gasteiger partial charge in [-0.25, -0.2) is 4.68 Å². The van der Waals surface area contributed by atoms with Gasteiger partial charge in [0.1, 0.15) is 12.4 Å². The van der Waals surface area contributed by atoms with Crippen molar-refractivity contribution in [3.05, 3.63) is 59.9 Å². The minimum atomic E-state index is -0.108. The van der Waals surface area contributed by atoms with E-state index in [0.29, 0.717) is 31.0 Å². The fourth-order valence-corrected chi connectivity index (χ4v) is 2.95. The minimum Gasteiger partial charge on any atom is -0.491 e. The van der Waals surface area contributed by atoms with Gasteiger partial charge >= 0.3 is 0 Å². The quantitative estimate of drug-likeness (QED) is 0.750. The average Bonchev–Trinajstić information content (AvgIpc) is 3.06. The second-order valence-corrected chi connectivity index (χ2v) is 6.05. The summed E-state index contributed by atoms with van der Waals surface area (Å²) in [7, 11) is 1.87. The zero-order valence-electron chi connectivity index (χ0n) is 14.4. The molecule has 1 aliphatic heterocycles. The Kier molecular flexibility index (Phi) is 4.37. The Labute approximate surface area is 151 Å². The van der Waals surface area contributed by atoms with Gasteiger partial charge < -0.3 is 15.4 Å². The Bertz CT molecular complexity index is 951. The van der Waals surface area contributed by atoms with E-state index in [-0.39, 0.29) is 5.91 Å². The van der Waals surface area contributed by atoms with Gasteiger partial charge in [-0.2, -0.15) is 0 Å². The van der Waals surface area contributed by atoms with E-state index in [0.717, 1.165) is 22.5 Å². The van der Waals surface area contributed by atoms with Gasteiger partial charge in [0.2, 0.25) is 0 Å². The number of rotatable bonds is 4. The molecule has 0 spiro atoms. The summed E-state index contributed by atoms with van der Waals surface area (Å²) in [5.41, 5.74) is 4.28. The Morgan fingerprint density at radius 2 is 2.12 bits per heavy atom. The molecule has 1 aliphatic rings. The molecular formula is C19H19N5O2. The standard InChI is InChI=1S/C19H19N5O2/c1-20-11-15-12-24(23-22-15)16-4-2-3-13(9-16)14-5-6-18-17(10-14)19(25)21-7-8-26-18/h2-6,9-10,12,20H,7-8,11H2,1H3,(H,21,25). The number of fused-ring (bicyclic) bond motifs is 1. The fraction of sp³-hybridized carbons (Fsp3) is 0.211. The molecule has 4 rings (SSSR count). The molecule has 0 radical (unpaired) electrons. The zero-order chi connectivity index (χ0) is 17.9. The highest BCUT2D eigenvalue weighted by Crippen LogP contribution is 2.28. The number of carbonyl (C=O) groups excluding carboxylic acids is 1. The van der Waals surface area contributed by atoms with Crippen LogP contribution >= 0.6 is 0 Å². The number of ether oxygens (including phenoxy) is 1. The highest BCUT2D eigenvalue weighted by Gasteiger charge is 2.17. The van der Waals surface area contributed by atoms with Crippen molar-refractivity contribution in [2.75, 3.05) is 20.2 Å². The lowest BCUT2D eigenvalue weighted by Gasteiger charge is -2.09. The monoisotopic (exact) mass is 349 g/mol. The van der Waals surface area contributed by atoms with E-state index in [2.05, 4.69) is 20.9 Å². The second kappa shape index (κ2) is 6.97. The normalized spacial score (nSPS) is 13.5. The highest BCUT2D eigenvalue weighted by atomic mass is 16.5. The van der Waals surface area contributed by atoms with E-state index >= 15 is 0 Å². The minimum absolute atomic E-state index is 0.108. The van der Waals surface area contributed by atoms with Gasteiger partial charge in [-0.15, -0.1) is 5.10 Å². The maximum absolute atomic E-state index is 12.2. The Morgan fingerprint density at radius 1 is 1.23 bits per heavy atom. The second-order valence-electron chi connectivity index (χ2n) is 6.05. The summed E-state index contributed by atoms with van der Waals surface area (Å²) in [5.74, 6) is 0.511. The van der Waals surface area contributed by atoms with E-state index in [1.807, 2.05) is 55.7 Å².